The van der Waals surface area contributed by atoms with E-state index < -0.39 is 5.60 Å². The molecule has 6 heteroatoms. The third kappa shape index (κ3) is 4.56. The summed E-state index contributed by atoms with van der Waals surface area (Å²) < 4.78 is 5.21. The van der Waals surface area contributed by atoms with Crippen LogP contribution in [0.4, 0.5) is 10.6 Å². The van der Waals surface area contributed by atoms with Gasteiger partial charge in [-0.1, -0.05) is 17.7 Å². The smallest absolute Gasteiger partial charge is 0.407 e. The van der Waals surface area contributed by atoms with Gasteiger partial charge in [-0.2, -0.15) is 0 Å². The molecule has 0 atom stereocenters. The number of nitrogens with zero attached hydrogens (tertiary/aromatic N) is 1. The predicted molar refractivity (Wildman–Crippen MR) is 79.0 cm³/mol. The van der Waals surface area contributed by atoms with Crippen LogP contribution >= 0.6 is 11.6 Å². The Bertz CT molecular complexity index is 482. The van der Waals surface area contributed by atoms with Crippen LogP contribution < -0.4 is 10.6 Å². The standard InChI is InChI=1S/C14H20ClN3O2/c1-14(2,3)20-13(19)17-10-7-9(8-10)16-12-6-4-5-11(15)18-12/h4-6,9-10H,7-8H2,1-3H3,(H,16,18)(H,17,19). The van der Waals surface area contributed by atoms with E-state index in [1.54, 1.807) is 6.07 Å². The third-order valence-corrected chi connectivity index (χ3v) is 3.14. The van der Waals surface area contributed by atoms with Crippen molar-refractivity contribution in [3.63, 3.8) is 0 Å². The lowest BCUT2D eigenvalue weighted by Crippen LogP contribution is -2.50. The lowest BCUT2D eigenvalue weighted by Gasteiger charge is -2.36. The van der Waals surface area contributed by atoms with Crippen molar-refractivity contribution in [3.8, 4) is 0 Å². The number of hydrogen-bond acceptors (Lipinski definition) is 4. The first-order valence-electron chi connectivity index (χ1n) is 6.70. The van der Waals surface area contributed by atoms with Crippen molar-refractivity contribution < 1.29 is 9.53 Å². The number of halogens is 1. The topological polar surface area (TPSA) is 63.2 Å². The fourth-order valence-corrected chi connectivity index (χ4v) is 2.19. The van der Waals surface area contributed by atoms with E-state index in [0.29, 0.717) is 11.2 Å². The van der Waals surface area contributed by atoms with Crippen LogP contribution in [0.2, 0.25) is 5.15 Å². The van der Waals surface area contributed by atoms with Crippen LogP contribution in [-0.4, -0.2) is 28.8 Å². The van der Waals surface area contributed by atoms with Gasteiger partial charge in [0.15, 0.2) is 0 Å². The zero-order chi connectivity index (χ0) is 14.8. The minimum absolute atomic E-state index is 0.154. The zero-order valence-electron chi connectivity index (χ0n) is 11.9. The average molecular weight is 298 g/mol. The molecule has 1 aromatic rings. The number of carbonyl (C=O) groups excluding carboxylic acids is 1. The molecular weight excluding hydrogens is 278 g/mol. The summed E-state index contributed by atoms with van der Waals surface area (Å²) in [5, 5.41) is 6.61. The number of pyridine rings is 1. The molecule has 1 saturated carbocycles. The summed E-state index contributed by atoms with van der Waals surface area (Å²) in [5.41, 5.74) is -0.462. The van der Waals surface area contributed by atoms with E-state index in [-0.39, 0.29) is 12.1 Å². The fraction of sp³-hybridized carbons (Fsp3) is 0.571. The summed E-state index contributed by atoms with van der Waals surface area (Å²) in [6.45, 7) is 5.55. The first kappa shape index (κ1) is 14.9. The van der Waals surface area contributed by atoms with E-state index in [2.05, 4.69) is 15.6 Å². The van der Waals surface area contributed by atoms with Crippen LogP contribution in [0, 0.1) is 0 Å². The van der Waals surface area contributed by atoms with Gasteiger partial charge >= 0.3 is 6.09 Å². The maximum Gasteiger partial charge on any atom is 0.407 e. The summed E-state index contributed by atoms with van der Waals surface area (Å²) in [4.78, 5) is 15.8. The predicted octanol–water partition coefficient (Wildman–Crippen LogP) is 3.20. The Morgan fingerprint density at radius 2 is 2.05 bits per heavy atom. The number of anilines is 1. The Labute approximate surface area is 124 Å². The van der Waals surface area contributed by atoms with Crippen molar-refractivity contribution in [2.24, 2.45) is 0 Å². The maximum absolute atomic E-state index is 11.6. The molecule has 5 nitrogen and oxygen atoms in total. The van der Waals surface area contributed by atoms with Gasteiger partial charge in [0.25, 0.3) is 0 Å². The highest BCUT2D eigenvalue weighted by molar-refractivity contribution is 6.29. The number of alkyl carbamates (subject to hydrolysis) is 1. The number of aromatic nitrogens is 1. The number of amides is 1. The third-order valence-electron chi connectivity index (χ3n) is 2.93. The average Bonchev–Trinajstić information content (AvgIpc) is 2.23. The van der Waals surface area contributed by atoms with Crippen molar-refractivity contribution in [2.75, 3.05) is 5.32 Å². The summed E-state index contributed by atoms with van der Waals surface area (Å²) in [6, 6.07) is 5.93. The number of ether oxygens (including phenoxy) is 1. The molecule has 0 aliphatic heterocycles. The highest BCUT2D eigenvalue weighted by atomic mass is 35.5. The first-order valence-corrected chi connectivity index (χ1v) is 7.08. The molecule has 1 amide bonds. The minimum atomic E-state index is -0.462. The molecule has 2 N–H and O–H groups in total. The van der Waals surface area contributed by atoms with Gasteiger partial charge in [-0.3, -0.25) is 0 Å². The van der Waals surface area contributed by atoms with Crippen molar-refractivity contribution in [3.05, 3.63) is 23.4 Å². The molecule has 0 spiro atoms. The minimum Gasteiger partial charge on any atom is -0.444 e. The molecule has 2 rings (SSSR count). The summed E-state index contributed by atoms with van der Waals surface area (Å²) in [6.07, 6.45) is 1.35. The lowest BCUT2D eigenvalue weighted by atomic mass is 9.87. The van der Waals surface area contributed by atoms with E-state index in [1.807, 2.05) is 32.9 Å². The monoisotopic (exact) mass is 297 g/mol. The van der Waals surface area contributed by atoms with E-state index in [4.69, 9.17) is 16.3 Å². The van der Waals surface area contributed by atoms with Crippen LogP contribution in [-0.2, 0) is 4.74 Å². The molecule has 1 aliphatic carbocycles. The van der Waals surface area contributed by atoms with Gasteiger partial charge < -0.3 is 15.4 Å². The number of rotatable bonds is 3. The second kappa shape index (κ2) is 5.87. The Hall–Kier alpha value is -1.49. The molecular formula is C14H20ClN3O2. The maximum atomic E-state index is 11.6. The second-order valence-electron chi connectivity index (χ2n) is 6.00. The Balaban J connectivity index is 1.71. The van der Waals surface area contributed by atoms with E-state index in [1.165, 1.54) is 0 Å². The summed E-state index contributed by atoms with van der Waals surface area (Å²) in [5.74, 6) is 0.762. The zero-order valence-corrected chi connectivity index (χ0v) is 12.7. The highest BCUT2D eigenvalue weighted by Gasteiger charge is 2.31. The van der Waals surface area contributed by atoms with Gasteiger partial charge in [0.1, 0.15) is 16.6 Å². The molecule has 1 fully saturated rings. The van der Waals surface area contributed by atoms with Gasteiger partial charge in [-0.05, 0) is 45.7 Å². The van der Waals surface area contributed by atoms with Gasteiger partial charge in [0, 0.05) is 12.1 Å². The lowest BCUT2D eigenvalue weighted by molar-refractivity contribution is 0.0475. The normalized spacial score (nSPS) is 21.8. The molecule has 0 aromatic carbocycles. The van der Waals surface area contributed by atoms with E-state index in [0.717, 1.165) is 18.7 Å². The molecule has 0 radical (unpaired) electrons. The van der Waals surface area contributed by atoms with Crippen LogP contribution in [0.15, 0.2) is 18.2 Å². The summed E-state index contributed by atoms with van der Waals surface area (Å²) >= 11 is 5.82. The molecule has 1 heterocycles. The Kier molecular flexibility index (Phi) is 4.38. The van der Waals surface area contributed by atoms with Crippen LogP contribution in [0.3, 0.4) is 0 Å². The highest BCUT2D eigenvalue weighted by Crippen LogP contribution is 2.24. The number of hydrogen-bond donors (Lipinski definition) is 2. The molecule has 1 aliphatic rings. The number of nitrogens with one attached hydrogen (secondary N) is 2. The molecule has 20 heavy (non-hydrogen) atoms. The molecule has 0 saturated heterocycles. The second-order valence-corrected chi connectivity index (χ2v) is 6.39. The van der Waals surface area contributed by atoms with Crippen molar-refractivity contribution in [1.82, 2.24) is 10.3 Å². The molecule has 110 valence electrons. The van der Waals surface area contributed by atoms with E-state index >= 15 is 0 Å². The fourth-order valence-electron chi connectivity index (χ4n) is 2.03. The number of carbonyl (C=O) groups is 1. The molecule has 0 bridgehead atoms. The molecule has 1 aromatic heterocycles. The van der Waals surface area contributed by atoms with Crippen LogP contribution in [0.1, 0.15) is 33.6 Å². The van der Waals surface area contributed by atoms with Crippen LogP contribution in [0.5, 0.6) is 0 Å². The first-order chi connectivity index (χ1) is 9.32. The molecule has 0 unspecified atom stereocenters. The van der Waals surface area contributed by atoms with Gasteiger partial charge in [0.05, 0.1) is 0 Å². The van der Waals surface area contributed by atoms with Crippen molar-refractivity contribution in [2.45, 2.75) is 51.3 Å². The van der Waals surface area contributed by atoms with Gasteiger partial charge in [0.2, 0.25) is 0 Å². The quantitative estimate of drug-likeness (QED) is 0.841. The largest absolute Gasteiger partial charge is 0.444 e. The Morgan fingerprint density at radius 3 is 2.65 bits per heavy atom. The van der Waals surface area contributed by atoms with Crippen LogP contribution in [0.25, 0.3) is 0 Å². The van der Waals surface area contributed by atoms with Gasteiger partial charge in [-0.25, -0.2) is 9.78 Å². The summed E-state index contributed by atoms with van der Waals surface area (Å²) in [7, 11) is 0. The van der Waals surface area contributed by atoms with Gasteiger partial charge in [-0.15, -0.1) is 0 Å². The SMILES string of the molecule is CC(C)(C)OC(=O)NC1CC(Nc2cccc(Cl)n2)C1. The van der Waals surface area contributed by atoms with E-state index in [9.17, 15) is 4.79 Å². The van der Waals surface area contributed by atoms with Crippen molar-refractivity contribution in [1.29, 1.82) is 0 Å². The van der Waals surface area contributed by atoms with Crippen molar-refractivity contribution >= 4 is 23.5 Å². The Morgan fingerprint density at radius 1 is 1.35 bits per heavy atom.